The highest BCUT2D eigenvalue weighted by atomic mass is 16.6. The SMILES string of the molecule is CN(CCN1CCC(OC(=O)Nc2ccccc2-c2ccccc2)CC1)C(=O)c1ccc(CNCCO)cc1. The van der Waals surface area contributed by atoms with Crippen molar-refractivity contribution in [1.82, 2.24) is 15.1 Å². The van der Waals surface area contributed by atoms with Crippen LogP contribution in [0, 0.1) is 0 Å². The van der Waals surface area contributed by atoms with Crippen molar-refractivity contribution >= 4 is 17.7 Å². The molecule has 0 saturated carbocycles. The Bertz CT molecular complexity index is 1190. The zero-order chi connectivity index (χ0) is 27.5. The lowest BCUT2D eigenvalue weighted by Gasteiger charge is -2.32. The van der Waals surface area contributed by atoms with E-state index in [4.69, 9.17) is 9.84 Å². The fraction of sp³-hybridized carbons (Fsp3) is 0.355. The van der Waals surface area contributed by atoms with Gasteiger partial charge in [-0.3, -0.25) is 10.1 Å². The number of benzene rings is 3. The molecule has 0 aromatic heterocycles. The molecule has 8 heteroatoms. The summed E-state index contributed by atoms with van der Waals surface area (Å²) < 4.78 is 5.74. The van der Waals surface area contributed by atoms with Crippen LogP contribution in [-0.2, 0) is 11.3 Å². The molecule has 1 heterocycles. The Labute approximate surface area is 230 Å². The zero-order valence-electron chi connectivity index (χ0n) is 22.5. The van der Waals surface area contributed by atoms with Crippen LogP contribution < -0.4 is 10.6 Å². The first kappa shape index (κ1) is 28.3. The Balaban J connectivity index is 1.18. The number of aliphatic hydroxyl groups is 1. The van der Waals surface area contributed by atoms with Gasteiger partial charge < -0.3 is 25.0 Å². The molecule has 4 rings (SSSR count). The topological polar surface area (TPSA) is 94.1 Å². The summed E-state index contributed by atoms with van der Waals surface area (Å²) in [6.07, 6.45) is 0.959. The fourth-order valence-corrected chi connectivity index (χ4v) is 4.69. The molecule has 1 fully saturated rings. The molecule has 2 amide bonds. The minimum atomic E-state index is -0.433. The second-order valence-electron chi connectivity index (χ2n) is 9.81. The van der Waals surface area contributed by atoms with Crippen molar-refractivity contribution in [2.75, 3.05) is 51.7 Å². The number of aliphatic hydroxyl groups excluding tert-OH is 1. The van der Waals surface area contributed by atoms with E-state index in [0.717, 1.165) is 54.9 Å². The number of para-hydroxylation sites is 1. The third-order valence-electron chi connectivity index (χ3n) is 6.97. The van der Waals surface area contributed by atoms with Gasteiger partial charge in [0.2, 0.25) is 0 Å². The normalized spacial score (nSPS) is 14.1. The Morgan fingerprint density at radius 2 is 1.67 bits per heavy atom. The van der Waals surface area contributed by atoms with Crippen molar-refractivity contribution in [3.8, 4) is 11.1 Å². The molecule has 1 aliphatic heterocycles. The van der Waals surface area contributed by atoms with E-state index >= 15 is 0 Å². The maximum absolute atomic E-state index is 12.8. The number of likely N-dealkylation sites (tertiary alicyclic amines) is 1. The minimum Gasteiger partial charge on any atom is -0.446 e. The average molecular weight is 531 g/mol. The number of nitrogens with one attached hydrogen (secondary N) is 2. The standard InChI is InChI=1S/C31H38N4O4/c1-34(30(37)26-13-11-24(12-14-26)23-32-17-22-36)20-21-35-18-15-27(16-19-35)39-31(38)33-29-10-6-5-9-28(29)25-7-3-2-4-8-25/h2-14,27,32,36H,15-23H2,1H3,(H,33,38). The number of carbonyl (C=O) groups is 2. The molecular weight excluding hydrogens is 492 g/mol. The van der Waals surface area contributed by atoms with E-state index in [0.29, 0.717) is 25.2 Å². The van der Waals surface area contributed by atoms with Gasteiger partial charge in [0.15, 0.2) is 0 Å². The molecule has 3 N–H and O–H groups in total. The molecule has 3 aromatic carbocycles. The molecule has 0 aliphatic carbocycles. The van der Waals surface area contributed by atoms with Gasteiger partial charge in [-0.25, -0.2) is 4.79 Å². The number of nitrogens with zero attached hydrogens (tertiary/aromatic N) is 2. The highest BCUT2D eigenvalue weighted by Crippen LogP contribution is 2.28. The number of likely N-dealkylation sites (N-methyl/N-ethyl adjacent to an activating group) is 1. The highest BCUT2D eigenvalue weighted by molar-refractivity contribution is 5.94. The predicted octanol–water partition coefficient (Wildman–Crippen LogP) is 4.22. The van der Waals surface area contributed by atoms with Crippen LogP contribution in [0.1, 0.15) is 28.8 Å². The number of anilines is 1. The van der Waals surface area contributed by atoms with E-state index in [1.165, 1.54) is 0 Å². The van der Waals surface area contributed by atoms with Crippen LogP contribution in [0.5, 0.6) is 0 Å². The largest absolute Gasteiger partial charge is 0.446 e. The summed E-state index contributed by atoms with van der Waals surface area (Å²) in [5.41, 5.74) is 4.45. The van der Waals surface area contributed by atoms with E-state index in [1.807, 2.05) is 85.9 Å². The number of hydrogen-bond donors (Lipinski definition) is 3. The van der Waals surface area contributed by atoms with Crippen molar-refractivity contribution in [2.45, 2.75) is 25.5 Å². The lowest BCUT2D eigenvalue weighted by atomic mass is 10.0. The van der Waals surface area contributed by atoms with Crippen molar-refractivity contribution in [2.24, 2.45) is 0 Å². The number of rotatable bonds is 11. The third kappa shape index (κ3) is 8.38. The van der Waals surface area contributed by atoms with E-state index in [-0.39, 0.29) is 18.6 Å². The summed E-state index contributed by atoms with van der Waals surface area (Å²) in [5.74, 6) is -0.00413. The Hall–Kier alpha value is -3.72. The van der Waals surface area contributed by atoms with E-state index in [9.17, 15) is 9.59 Å². The second kappa shape index (κ2) is 14.4. The second-order valence-corrected chi connectivity index (χ2v) is 9.81. The predicted molar refractivity (Wildman–Crippen MR) is 154 cm³/mol. The van der Waals surface area contributed by atoms with Gasteiger partial charge in [0.25, 0.3) is 5.91 Å². The third-order valence-corrected chi connectivity index (χ3v) is 6.97. The zero-order valence-corrected chi connectivity index (χ0v) is 22.5. The van der Waals surface area contributed by atoms with Gasteiger partial charge in [0.1, 0.15) is 6.10 Å². The molecule has 1 saturated heterocycles. The van der Waals surface area contributed by atoms with Gasteiger partial charge in [0, 0.05) is 57.4 Å². The first-order chi connectivity index (χ1) is 19.0. The van der Waals surface area contributed by atoms with Crippen LogP contribution in [0.3, 0.4) is 0 Å². The number of amides is 2. The van der Waals surface area contributed by atoms with Crippen LogP contribution in [0.2, 0.25) is 0 Å². The number of ether oxygens (including phenoxy) is 1. The molecule has 8 nitrogen and oxygen atoms in total. The van der Waals surface area contributed by atoms with Crippen molar-refractivity contribution < 1.29 is 19.4 Å². The summed E-state index contributed by atoms with van der Waals surface area (Å²) in [4.78, 5) is 29.5. The highest BCUT2D eigenvalue weighted by Gasteiger charge is 2.23. The number of piperidine rings is 1. The number of carbonyl (C=O) groups excluding carboxylic acids is 2. The van der Waals surface area contributed by atoms with Crippen LogP contribution in [-0.4, -0.2) is 79.4 Å². The van der Waals surface area contributed by atoms with Crippen molar-refractivity contribution in [1.29, 1.82) is 0 Å². The van der Waals surface area contributed by atoms with Crippen molar-refractivity contribution in [3.05, 3.63) is 90.0 Å². The Morgan fingerprint density at radius 1 is 0.974 bits per heavy atom. The maximum Gasteiger partial charge on any atom is 0.411 e. The first-order valence-electron chi connectivity index (χ1n) is 13.5. The Morgan fingerprint density at radius 3 is 2.38 bits per heavy atom. The number of hydrogen-bond acceptors (Lipinski definition) is 6. The average Bonchev–Trinajstić information content (AvgIpc) is 2.97. The molecular formula is C31H38N4O4. The molecule has 3 aromatic rings. The van der Waals surface area contributed by atoms with Gasteiger partial charge in [-0.2, -0.15) is 0 Å². The van der Waals surface area contributed by atoms with Crippen LogP contribution >= 0.6 is 0 Å². The summed E-state index contributed by atoms with van der Waals surface area (Å²) in [7, 11) is 1.83. The summed E-state index contributed by atoms with van der Waals surface area (Å²) in [5, 5.41) is 14.9. The Kier molecular flexibility index (Phi) is 10.5. The van der Waals surface area contributed by atoms with Gasteiger partial charge in [-0.1, -0.05) is 60.7 Å². The quantitative estimate of drug-likeness (QED) is 0.322. The van der Waals surface area contributed by atoms with E-state index in [1.54, 1.807) is 4.90 Å². The van der Waals surface area contributed by atoms with Crippen molar-refractivity contribution in [3.63, 3.8) is 0 Å². The van der Waals surface area contributed by atoms with Crippen LogP contribution in [0.4, 0.5) is 10.5 Å². The smallest absolute Gasteiger partial charge is 0.411 e. The minimum absolute atomic E-state index is 0.00413. The van der Waals surface area contributed by atoms with Gasteiger partial charge in [0.05, 0.1) is 12.3 Å². The summed E-state index contributed by atoms with van der Waals surface area (Å²) >= 11 is 0. The molecule has 0 unspecified atom stereocenters. The molecule has 0 spiro atoms. The molecule has 1 aliphatic rings. The lowest BCUT2D eigenvalue weighted by molar-refractivity contribution is 0.0540. The van der Waals surface area contributed by atoms with Gasteiger partial charge in [-0.05, 0) is 42.2 Å². The van der Waals surface area contributed by atoms with E-state index in [2.05, 4.69) is 15.5 Å². The molecule has 206 valence electrons. The van der Waals surface area contributed by atoms with Gasteiger partial charge >= 0.3 is 6.09 Å². The molecule has 39 heavy (non-hydrogen) atoms. The summed E-state index contributed by atoms with van der Waals surface area (Å²) in [6, 6.07) is 25.2. The monoisotopic (exact) mass is 530 g/mol. The molecule has 0 atom stereocenters. The maximum atomic E-state index is 12.8. The van der Waals surface area contributed by atoms with Crippen LogP contribution in [0.15, 0.2) is 78.9 Å². The lowest BCUT2D eigenvalue weighted by Crippen LogP contribution is -2.42. The molecule has 0 bridgehead atoms. The summed E-state index contributed by atoms with van der Waals surface area (Å²) in [6.45, 7) is 4.34. The molecule has 0 radical (unpaired) electrons. The first-order valence-corrected chi connectivity index (χ1v) is 13.5. The van der Waals surface area contributed by atoms with Crippen LogP contribution in [0.25, 0.3) is 11.1 Å². The van der Waals surface area contributed by atoms with E-state index < -0.39 is 6.09 Å². The fourth-order valence-electron chi connectivity index (χ4n) is 4.69. The van der Waals surface area contributed by atoms with Gasteiger partial charge in [-0.15, -0.1) is 0 Å².